The van der Waals surface area contributed by atoms with Crippen molar-refractivity contribution in [3.8, 4) is 0 Å². The van der Waals surface area contributed by atoms with Crippen molar-refractivity contribution in [3.05, 3.63) is 65.4 Å². The van der Waals surface area contributed by atoms with Crippen LogP contribution in [0.25, 0.3) is 10.9 Å². The zero-order chi connectivity index (χ0) is 15.7. The van der Waals surface area contributed by atoms with Gasteiger partial charge in [-0.1, -0.05) is 30.3 Å². The van der Waals surface area contributed by atoms with Crippen molar-refractivity contribution >= 4 is 17.2 Å². The second kappa shape index (κ2) is 5.29. The van der Waals surface area contributed by atoms with Crippen molar-refractivity contribution in [3.63, 3.8) is 0 Å². The van der Waals surface area contributed by atoms with Gasteiger partial charge >= 0.3 is 6.18 Å². The molecule has 0 fully saturated rings. The Hall–Kier alpha value is -2.63. The van der Waals surface area contributed by atoms with Crippen molar-refractivity contribution in [2.75, 3.05) is 0 Å². The Labute approximate surface area is 124 Å². The monoisotopic (exact) mass is 304 g/mol. The molecule has 0 unspecified atom stereocenters. The van der Waals surface area contributed by atoms with Crippen LogP contribution in [0.3, 0.4) is 0 Å². The SMILES string of the molecule is O=Cc1cccc2c1cnn2Cc1ccccc1C(F)(F)F. The van der Waals surface area contributed by atoms with E-state index in [4.69, 9.17) is 0 Å². The molecule has 0 radical (unpaired) electrons. The van der Waals surface area contributed by atoms with Crippen LogP contribution in [-0.4, -0.2) is 16.1 Å². The van der Waals surface area contributed by atoms with Crippen LogP contribution in [0.1, 0.15) is 21.5 Å². The highest BCUT2D eigenvalue weighted by atomic mass is 19.4. The first kappa shape index (κ1) is 14.3. The third kappa shape index (κ3) is 2.47. The predicted molar refractivity (Wildman–Crippen MR) is 75.7 cm³/mol. The van der Waals surface area contributed by atoms with Crippen molar-refractivity contribution in [1.82, 2.24) is 9.78 Å². The molecule has 6 heteroatoms. The average Bonchev–Trinajstić information content (AvgIpc) is 2.90. The maximum Gasteiger partial charge on any atom is 0.416 e. The van der Waals surface area contributed by atoms with Crippen LogP contribution in [0.15, 0.2) is 48.7 Å². The van der Waals surface area contributed by atoms with Crippen LogP contribution < -0.4 is 0 Å². The largest absolute Gasteiger partial charge is 0.416 e. The number of carbonyl (C=O) groups is 1. The van der Waals surface area contributed by atoms with Gasteiger partial charge < -0.3 is 0 Å². The molecular weight excluding hydrogens is 293 g/mol. The molecule has 2 aromatic carbocycles. The number of alkyl halides is 3. The molecule has 0 aliphatic rings. The van der Waals surface area contributed by atoms with Gasteiger partial charge in [-0.3, -0.25) is 9.48 Å². The molecular formula is C16H11F3N2O. The van der Waals surface area contributed by atoms with E-state index in [9.17, 15) is 18.0 Å². The lowest BCUT2D eigenvalue weighted by Gasteiger charge is -2.13. The first-order valence-corrected chi connectivity index (χ1v) is 6.55. The number of carbonyl (C=O) groups excluding carboxylic acids is 1. The molecule has 1 aromatic heterocycles. The van der Waals surface area contributed by atoms with E-state index in [1.807, 2.05) is 0 Å². The topological polar surface area (TPSA) is 34.9 Å². The summed E-state index contributed by atoms with van der Waals surface area (Å²) >= 11 is 0. The van der Waals surface area contributed by atoms with E-state index < -0.39 is 11.7 Å². The van der Waals surface area contributed by atoms with Gasteiger partial charge in [-0.05, 0) is 17.7 Å². The van der Waals surface area contributed by atoms with E-state index >= 15 is 0 Å². The minimum atomic E-state index is -4.41. The Kier molecular flexibility index (Phi) is 3.44. The molecule has 0 saturated heterocycles. The van der Waals surface area contributed by atoms with Gasteiger partial charge in [0.15, 0.2) is 6.29 Å². The Morgan fingerprint density at radius 1 is 1.09 bits per heavy atom. The number of aromatic nitrogens is 2. The lowest BCUT2D eigenvalue weighted by molar-refractivity contribution is -0.138. The van der Waals surface area contributed by atoms with Gasteiger partial charge in [-0.15, -0.1) is 0 Å². The molecule has 1 heterocycles. The zero-order valence-electron chi connectivity index (χ0n) is 11.3. The third-order valence-electron chi connectivity index (χ3n) is 3.49. The molecule has 112 valence electrons. The summed E-state index contributed by atoms with van der Waals surface area (Å²) in [5, 5.41) is 4.74. The fourth-order valence-corrected chi connectivity index (χ4v) is 2.45. The molecule has 3 aromatic rings. The van der Waals surface area contributed by atoms with Crippen LogP contribution in [0, 0.1) is 0 Å². The van der Waals surface area contributed by atoms with Crippen LogP contribution >= 0.6 is 0 Å². The summed E-state index contributed by atoms with van der Waals surface area (Å²) in [6.45, 7) is -0.0124. The number of hydrogen-bond donors (Lipinski definition) is 0. The van der Waals surface area contributed by atoms with E-state index in [0.717, 1.165) is 6.07 Å². The molecule has 3 nitrogen and oxygen atoms in total. The molecule has 0 aliphatic heterocycles. The molecule has 0 N–H and O–H groups in total. The minimum absolute atomic E-state index is 0.0124. The Morgan fingerprint density at radius 2 is 1.86 bits per heavy atom. The standard InChI is InChI=1S/C16H11F3N2O/c17-16(18,19)14-6-2-1-4-11(14)9-21-15-7-3-5-12(10-22)13(15)8-20-21/h1-8,10H,9H2. The molecule has 0 atom stereocenters. The van der Waals surface area contributed by atoms with Crippen LogP contribution in [0.4, 0.5) is 13.2 Å². The summed E-state index contributed by atoms with van der Waals surface area (Å²) in [5.74, 6) is 0. The van der Waals surface area contributed by atoms with Gasteiger partial charge in [-0.25, -0.2) is 0 Å². The minimum Gasteiger partial charge on any atom is -0.298 e. The summed E-state index contributed by atoms with van der Waals surface area (Å²) in [4.78, 5) is 11.0. The van der Waals surface area contributed by atoms with E-state index in [1.54, 1.807) is 24.3 Å². The number of halogens is 3. The number of rotatable bonds is 3. The summed E-state index contributed by atoms with van der Waals surface area (Å²) in [6.07, 6.45) is -2.21. The van der Waals surface area contributed by atoms with E-state index in [0.29, 0.717) is 22.8 Å². The molecule has 0 aliphatic carbocycles. The summed E-state index contributed by atoms with van der Waals surface area (Å²) in [5.41, 5.74) is 0.552. The smallest absolute Gasteiger partial charge is 0.298 e. The van der Waals surface area contributed by atoms with E-state index in [2.05, 4.69) is 5.10 Å². The highest BCUT2D eigenvalue weighted by Gasteiger charge is 2.33. The van der Waals surface area contributed by atoms with Gasteiger partial charge in [0.25, 0.3) is 0 Å². The summed E-state index contributed by atoms with van der Waals surface area (Å²) < 4.78 is 40.6. The fraction of sp³-hybridized carbons (Fsp3) is 0.125. The maximum absolute atomic E-state index is 13.0. The number of nitrogens with zero attached hydrogens (tertiary/aromatic N) is 2. The Morgan fingerprint density at radius 3 is 2.59 bits per heavy atom. The van der Waals surface area contributed by atoms with Crippen molar-refractivity contribution in [1.29, 1.82) is 0 Å². The van der Waals surface area contributed by atoms with Crippen LogP contribution in [0.5, 0.6) is 0 Å². The quantitative estimate of drug-likeness (QED) is 0.688. The van der Waals surface area contributed by atoms with Crippen molar-refractivity contribution in [2.45, 2.75) is 12.7 Å². The number of benzene rings is 2. The molecule has 0 spiro atoms. The summed E-state index contributed by atoms with van der Waals surface area (Å²) in [6, 6.07) is 10.5. The highest BCUT2D eigenvalue weighted by molar-refractivity contribution is 5.96. The van der Waals surface area contributed by atoms with Gasteiger partial charge in [0.1, 0.15) is 0 Å². The van der Waals surface area contributed by atoms with E-state index in [1.165, 1.54) is 23.0 Å². The Bertz CT molecular complexity index is 837. The van der Waals surface area contributed by atoms with Gasteiger partial charge in [0.2, 0.25) is 0 Å². The molecule has 0 amide bonds. The van der Waals surface area contributed by atoms with Gasteiger partial charge in [0, 0.05) is 10.9 Å². The molecule has 0 saturated carbocycles. The third-order valence-corrected chi connectivity index (χ3v) is 3.49. The number of aldehydes is 1. The van der Waals surface area contributed by atoms with Gasteiger partial charge in [-0.2, -0.15) is 18.3 Å². The fourth-order valence-electron chi connectivity index (χ4n) is 2.45. The Balaban J connectivity index is 2.07. The molecule has 3 rings (SSSR count). The van der Waals surface area contributed by atoms with E-state index in [-0.39, 0.29) is 12.1 Å². The lowest BCUT2D eigenvalue weighted by Crippen LogP contribution is -2.12. The molecule has 22 heavy (non-hydrogen) atoms. The summed E-state index contributed by atoms with van der Waals surface area (Å²) in [7, 11) is 0. The van der Waals surface area contributed by atoms with Gasteiger partial charge in [0.05, 0.1) is 23.8 Å². The maximum atomic E-state index is 13.0. The first-order chi connectivity index (χ1) is 10.5. The second-order valence-corrected chi connectivity index (χ2v) is 4.86. The van der Waals surface area contributed by atoms with Crippen molar-refractivity contribution < 1.29 is 18.0 Å². The number of hydrogen-bond acceptors (Lipinski definition) is 2. The average molecular weight is 304 g/mol. The van der Waals surface area contributed by atoms with Crippen LogP contribution in [-0.2, 0) is 12.7 Å². The predicted octanol–water partition coefficient (Wildman–Crippen LogP) is 3.92. The van der Waals surface area contributed by atoms with Crippen LogP contribution in [0.2, 0.25) is 0 Å². The lowest BCUT2D eigenvalue weighted by atomic mass is 10.1. The molecule has 0 bridgehead atoms. The second-order valence-electron chi connectivity index (χ2n) is 4.86. The normalized spacial score (nSPS) is 11.8. The zero-order valence-corrected chi connectivity index (χ0v) is 11.3. The van der Waals surface area contributed by atoms with Crippen molar-refractivity contribution in [2.24, 2.45) is 0 Å². The number of fused-ring (bicyclic) bond motifs is 1. The highest BCUT2D eigenvalue weighted by Crippen LogP contribution is 2.32. The first-order valence-electron chi connectivity index (χ1n) is 6.55.